The van der Waals surface area contributed by atoms with Crippen LogP contribution in [0, 0.1) is 23.5 Å². The third kappa shape index (κ3) is 9.88. The van der Waals surface area contributed by atoms with Crippen molar-refractivity contribution in [2.75, 3.05) is 39.6 Å². The van der Waals surface area contributed by atoms with Crippen LogP contribution in [0.5, 0.6) is 0 Å². The van der Waals surface area contributed by atoms with Crippen LogP contribution in [0.3, 0.4) is 0 Å². The summed E-state index contributed by atoms with van der Waals surface area (Å²) >= 11 is 0. The number of carbonyl (C=O) groups is 2. The van der Waals surface area contributed by atoms with E-state index in [9.17, 15) is 18.4 Å². The van der Waals surface area contributed by atoms with Gasteiger partial charge in [-0.1, -0.05) is 19.3 Å². The molecule has 0 aliphatic heterocycles. The number of ketones is 1. The molecule has 0 spiro atoms. The van der Waals surface area contributed by atoms with Crippen LogP contribution in [0.2, 0.25) is 0 Å². The number of carboxylic acids is 1. The van der Waals surface area contributed by atoms with Crippen molar-refractivity contribution < 1.29 is 37.7 Å². The molecule has 1 fully saturated rings. The quantitative estimate of drug-likeness (QED) is 0.199. The molecule has 10 nitrogen and oxygen atoms in total. The zero-order chi connectivity index (χ0) is 29.7. The van der Waals surface area contributed by atoms with E-state index >= 15 is 0 Å². The molecule has 1 aliphatic rings. The molecule has 0 unspecified atom stereocenters. The van der Waals surface area contributed by atoms with Crippen molar-refractivity contribution in [3.63, 3.8) is 0 Å². The summed E-state index contributed by atoms with van der Waals surface area (Å²) < 4.78 is 44.5. The Morgan fingerprint density at radius 3 is 2.48 bits per heavy atom. The summed E-state index contributed by atoms with van der Waals surface area (Å²) in [5.74, 6) is -0.788. The number of carbonyl (C=O) groups excluding carboxylic acids is 1. The average molecular weight is 589 g/mol. The van der Waals surface area contributed by atoms with Crippen molar-refractivity contribution in [1.82, 2.24) is 19.9 Å². The molecule has 228 valence electrons. The number of hydrogen-bond acceptors (Lipinski definition) is 8. The van der Waals surface area contributed by atoms with Gasteiger partial charge in [-0.25, -0.2) is 23.7 Å². The fourth-order valence-corrected chi connectivity index (χ4v) is 5.38. The summed E-state index contributed by atoms with van der Waals surface area (Å²) in [6.45, 7) is 2.18. The number of H-pyrrole nitrogens is 1. The lowest BCUT2D eigenvalue weighted by Gasteiger charge is -2.28. The van der Waals surface area contributed by atoms with E-state index in [1.165, 1.54) is 12.3 Å². The van der Waals surface area contributed by atoms with Crippen LogP contribution in [0.25, 0.3) is 22.4 Å². The van der Waals surface area contributed by atoms with Crippen molar-refractivity contribution in [3.8, 4) is 11.4 Å². The Morgan fingerprint density at radius 1 is 0.952 bits per heavy atom. The minimum atomic E-state index is -0.892. The van der Waals surface area contributed by atoms with Crippen molar-refractivity contribution in [2.24, 2.45) is 11.8 Å². The van der Waals surface area contributed by atoms with Crippen molar-refractivity contribution in [3.05, 3.63) is 42.0 Å². The third-order valence-corrected chi connectivity index (χ3v) is 7.39. The number of nitrogens with zero attached hydrogens (tertiary/aromatic N) is 3. The second-order valence-electron chi connectivity index (χ2n) is 10.7. The molecule has 4 rings (SSSR count). The zero-order valence-corrected chi connectivity index (χ0v) is 23.7. The highest BCUT2D eigenvalue weighted by atomic mass is 19.1. The number of pyridine rings is 1. The fourth-order valence-electron chi connectivity index (χ4n) is 5.38. The first-order valence-corrected chi connectivity index (χ1v) is 14.5. The smallest absolute Gasteiger partial charge is 0.305 e. The van der Waals surface area contributed by atoms with Crippen molar-refractivity contribution in [1.29, 1.82) is 0 Å². The SMILES string of the molecule is O=C(O)CCOCCOCCOCCCC(=O)C[C@H]1CCC[C@@H](Cc2nc(-c3c[nH]c4ncc(F)cc34)ncc2F)C1. The lowest BCUT2D eigenvalue weighted by Crippen LogP contribution is -2.21. The highest BCUT2D eigenvalue weighted by Gasteiger charge is 2.26. The number of ether oxygens (including phenoxy) is 3. The van der Waals surface area contributed by atoms with E-state index in [4.69, 9.17) is 19.3 Å². The number of hydrogen-bond donors (Lipinski definition) is 2. The Bertz CT molecular complexity index is 1320. The van der Waals surface area contributed by atoms with E-state index in [2.05, 4.69) is 19.9 Å². The molecule has 42 heavy (non-hydrogen) atoms. The normalized spacial score (nSPS) is 17.1. The number of aromatic amines is 1. The number of nitrogens with one attached hydrogen (secondary N) is 1. The zero-order valence-electron chi connectivity index (χ0n) is 23.7. The molecular formula is C30H38F2N4O6. The summed E-state index contributed by atoms with van der Waals surface area (Å²) in [5, 5.41) is 9.07. The average Bonchev–Trinajstić information content (AvgIpc) is 3.38. The number of carboxylic acid groups (broad SMARTS) is 1. The number of rotatable bonds is 18. The summed E-state index contributed by atoms with van der Waals surface area (Å²) in [4.78, 5) is 38.6. The minimum absolute atomic E-state index is 0.0245. The first-order valence-electron chi connectivity index (χ1n) is 14.5. The molecule has 2 atom stereocenters. The Labute approximate surface area is 243 Å². The Kier molecular flexibility index (Phi) is 12.3. The Hall–Kier alpha value is -3.35. The molecule has 3 aromatic rings. The fraction of sp³-hybridized carbons (Fsp3) is 0.567. The highest BCUT2D eigenvalue weighted by Crippen LogP contribution is 2.34. The van der Waals surface area contributed by atoms with Crippen LogP contribution in [0.15, 0.2) is 24.7 Å². The van der Waals surface area contributed by atoms with Gasteiger partial charge >= 0.3 is 5.97 Å². The monoisotopic (exact) mass is 588 g/mol. The molecule has 3 heterocycles. The summed E-state index contributed by atoms with van der Waals surface area (Å²) in [7, 11) is 0. The van der Waals surface area contributed by atoms with Crippen LogP contribution >= 0.6 is 0 Å². The largest absolute Gasteiger partial charge is 0.481 e. The maximum absolute atomic E-state index is 14.7. The van der Waals surface area contributed by atoms with Gasteiger partial charge in [0.15, 0.2) is 11.6 Å². The van der Waals surface area contributed by atoms with Gasteiger partial charge in [-0.2, -0.15) is 0 Å². The topological polar surface area (TPSA) is 137 Å². The molecule has 0 saturated heterocycles. The number of Topliss-reactive ketones (excluding diaryl/α,β-unsaturated/α-hetero) is 1. The molecule has 3 aromatic heterocycles. The second kappa shape index (κ2) is 16.3. The second-order valence-corrected chi connectivity index (χ2v) is 10.7. The Morgan fingerprint density at radius 2 is 1.69 bits per heavy atom. The number of halogens is 2. The van der Waals surface area contributed by atoms with E-state index < -0.39 is 17.6 Å². The molecule has 0 amide bonds. The molecule has 12 heteroatoms. The van der Waals surface area contributed by atoms with Gasteiger partial charge in [-0.15, -0.1) is 0 Å². The maximum Gasteiger partial charge on any atom is 0.305 e. The number of aliphatic carboxylic acids is 1. The first kappa shape index (κ1) is 31.6. The molecule has 0 bridgehead atoms. The van der Waals surface area contributed by atoms with E-state index in [0.29, 0.717) is 86.8 Å². The highest BCUT2D eigenvalue weighted by molar-refractivity contribution is 5.91. The van der Waals surface area contributed by atoms with Gasteiger partial charge in [0.25, 0.3) is 0 Å². The van der Waals surface area contributed by atoms with Crippen LogP contribution in [-0.2, 0) is 30.2 Å². The van der Waals surface area contributed by atoms with Gasteiger partial charge in [0.2, 0.25) is 0 Å². The third-order valence-electron chi connectivity index (χ3n) is 7.39. The van der Waals surface area contributed by atoms with E-state index in [1.807, 2.05) is 0 Å². The van der Waals surface area contributed by atoms with Crippen molar-refractivity contribution in [2.45, 2.75) is 57.8 Å². The summed E-state index contributed by atoms with van der Waals surface area (Å²) in [6.07, 6.45) is 9.80. The minimum Gasteiger partial charge on any atom is -0.481 e. The van der Waals surface area contributed by atoms with E-state index in [0.717, 1.165) is 31.9 Å². The molecule has 0 aromatic carbocycles. The van der Waals surface area contributed by atoms with Gasteiger partial charge < -0.3 is 24.3 Å². The van der Waals surface area contributed by atoms with E-state index in [1.54, 1.807) is 6.20 Å². The van der Waals surface area contributed by atoms with Gasteiger partial charge in [0.05, 0.1) is 57.5 Å². The van der Waals surface area contributed by atoms with Gasteiger partial charge in [-0.3, -0.25) is 9.59 Å². The summed E-state index contributed by atoms with van der Waals surface area (Å²) in [6, 6.07) is 1.36. The van der Waals surface area contributed by atoms with Crippen molar-refractivity contribution >= 4 is 22.8 Å². The number of fused-ring (bicyclic) bond motifs is 1. The van der Waals surface area contributed by atoms with Crippen LogP contribution in [-0.4, -0.2) is 76.4 Å². The predicted octanol–water partition coefficient (Wildman–Crippen LogP) is 4.91. The van der Waals surface area contributed by atoms with Crippen LogP contribution < -0.4 is 0 Å². The molecule has 0 radical (unpaired) electrons. The van der Waals surface area contributed by atoms with Crippen LogP contribution in [0.4, 0.5) is 8.78 Å². The first-order chi connectivity index (χ1) is 20.4. The van der Waals surface area contributed by atoms with Gasteiger partial charge in [0.1, 0.15) is 17.2 Å². The van der Waals surface area contributed by atoms with E-state index in [-0.39, 0.29) is 30.6 Å². The lowest BCUT2D eigenvalue weighted by molar-refractivity contribution is -0.138. The Balaban J connectivity index is 1.14. The summed E-state index contributed by atoms with van der Waals surface area (Å²) in [5.41, 5.74) is 1.42. The standard InChI is InChI=1S/C30H38F2N4O6/c31-22-16-24-25(18-34-29(24)33-17-22)30-35-19-26(32)27(36-30)15-21-4-1-3-20(13-21)14-23(37)5-2-7-40-9-11-42-12-10-41-8-6-28(38)39/h16-21H,1-15H2,(H,33,34)(H,38,39)/t20-,21+/m0/s1. The number of aromatic nitrogens is 4. The molecule has 2 N–H and O–H groups in total. The lowest BCUT2D eigenvalue weighted by atomic mass is 9.77. The molecule has 1 aliphatic carbocycles. The van der Waals surface area contributed by atoms with Gasteiger partial charge in [0, 0.05) is 36.6 Å². The molecular weight excluding hydrogens is 550 g/mol. The maximum atomic E-state index is 14.7. The molecule has 1 saturated carbocycles. The van der Waals surface area contributed by atoms with Gasteiger partial charge in [-0.05, 0) is 37.2 Å². The predicted molar refractivity (Wildman–Crippen MR) is 150 cm³/mol. The van der Waals surface area contributed by atoms with Crippen LogP contribution in [0.1, 0.15) is 57.1 Å².